The lowest BCUT2D eigenvalue weighted by molar-refractivity contribution is 0.680. The van der Waals surface area contributed by atoms with E-state index >= 15 is 0 Å². The standard InChI is InChI=1S/C5H12N2S/c1-2-4(3-6)5(7)8/h4H,2-3,6H2,1H3,(H2,7,8). The van der Waals surface area contributed by atoms with Crippen molar-refractivity contribution in [3.05, 3.63) is 0 Å². The van der Waals surface area contributed by atoms with Crippen molar-refractivity contribution < 1.29 is 0 Å². The Kier molecular flexibility index (Phi) is 3.73. The minimum absolute atomic E-state index is 0.241. The van der Waals surface area contributed by atoms with Gasteiger partial charge in [0.1, 0.15) is 0 Å². The van der Waals surface area contributed by atoms with Gasteiger partial charge in [-0.25, -0.2) is 0 Å². The number of thiocarbonyl (C=S) groups is 1. The highest BCUT2D eigenvalue weighted by Gasteiger charge is 2.04. The number of nitrogens with two attached hydrogens (primary N) is 2. The molecule has 48 valence electrons. The Bertz CT molecular complexity index is 78.5. The fourth-order valence-electron chi connectivity index (χ4n) is 0.484. The van der Waals surface area contributed by atoms with Crippen LogP contribution in [0.3, 0.4) is 0 Å². The normalized spacial score (nSPS) is 13.2. The second-order valence-corrected chi connectivity index (χ2v) is 2.21. The molecular formula is C5H12N2S. The van der Waals surface area contributed by atoms with E-state index in [1.54, 1.807) is 0 Å². The van der Waals surface area contributed by atoms with E-state index in [9.17, 15) is 0 Å². The van der Waals surface area contributed by atoms with E-state index in [1.807, 2.05) is 6.92 Å². The summed E-state index contributed by atoms with van der Waals surface area (Å²) in [6.07, 6.45) is 0.950. The van der Waals surface area contributed by atoms with E-state index in [1.165, 1.54) is 0 Å². The van der Waals surface area contributed by atoms with Gasteiger partial charge < -0.3 is 11.5 Å². The van der Waals surface area contributed by atoms with E-state index in [2.05, 4.69) is 0 Å². The molecule has 0 aliphatic carbocycles. The number of rotatable bonds is 3. The van der Waals surface area contributed by atoms with Crippen LogP contribution in [0.1, 0.15) is 13.3 Å². The van der Waals surface area contributed by atoms with Crippen molar-refractivity contribution in [1.82, 2.24) is 0 Å². The van der Waals surface area contributed by atoms with Gasteiger partial charge in [0.2, 0.25) is 0 Å². The van der Waals surface area contributed by atoms with Crippen molar-refractivity contribution >= 4 is 17.2 Å². The third-order valence-electron chi connectivity index (χ3n) is 1.18. The molecule has 0 saturated heterocycles. The zero-order chi connectivity index (χ0) is 6.57. The summed E-state index contributed by atoms with van der Waals surface area (Å²) in [6, 6.07) is 0. The van der Waals surface area contributed by atoms with Crippen molar-refractivity contribution in [3.63, 3.8) is 0 Å². The lowest BCUT2D eigenvalue weighted by Gasteiger charge is -2.07. The Morgan fingerprint density at radius 3 is 2.25 bits per heavy atom. The van der Waals surface area contributed by atoms with Gasteiger partial charge in [-0.05, 0) is 6.42 Å². The van der Waals surface area contributed by atoms with Crippen LogP contribution in [0.5, 0.6) is 0 Å². The van der Waals surface area contributed by atoms with Crippen LogP contribution in [-0.4, -0.2) is 11.5 Å². The van der Waals surface area contributed by atoms with E-state index in [4.69, 9.17) is 23.7 Å². The molecule has 0 aromatic heterocycles. The van der Waals surface area contributed by atoms with Crippen molar-refractivity contribution in [1.29, 1.82) is 0 Å². The monoisotopic (exact) mass is 132 g/mol. The van der Waals surface area contributed by atoms with E-state index < -0.39 is 0 Å². The van der Waals surface area contributed by atoms with E-state index in [0.29, 0.717) is 11.5 Å². The molecule has 0 rings (SSSR count). The summed E-state index contributed by atoms with van der Waals surface area (Å²) in [5, 5.41) is 0. The van der Waals surface area contributed by atoms with Crippen molar-refractivity contribution in [3.8, 4) is 0 Å². The third kappa shape index (κ3) is 2.23. The molecule has 0 aromatic rings. The lowest BCUT2D eigenvalue weighted by atomic mass is 10.1. The van der Waals surface area contributed by atoms with Crippen LogP contribution in [0.25, 0.3) is 0 Å². The smallest absolute Gasteiger partial charge is 0.0771 e. The Hall–Kier alpha value is -0.150. The van der Waals surface area contributed by atoms with Crippen molar-refractivity contribution in [2.45, 2.75) is 13.3 Å². The van der Waals surface area contributed by atoms with Gasteiger partial charge in [0.25, 0.3) is 0 Å². The molecule has 0 spiro atoms. The first-order valence-corrected chi connectivity index (χ1v) is 3.12. The highest BCUT2D eigenvalue weighted by molar-refractivity contribution is 7.80. The molecule has 0 bridgehead atoms. The predicted octanol–water partition coefficient (Wildman–Crippen LogP) is 0.257. The average Bonchev–Trinajstić information content (AvgIpc) is 1.69. The van der Waals surface area contributed by atoms with Crippen molar-refractivity contribution in [2.75, 3.05) is 6.54 Å². The highest BCUT2D eigenvalue weighted by atomic mass is 32.1. The fraction of sp³-hybridized carbons (Fsp3) is 0.800. The summed E-state index contributed by atoms with van der Waals surface area (Å²) in [6.45, 7) is 2.60. The molecule has 1 unspecified atom stereocenters. The molecule has 0 radical (unpaired) electrons. The van der Waals surface area contributed by atoms with Gasteiger partial charge in [0, 0.05) is 12.5 Å². The summed E-state index contributed by atoms with van der Waals surface area (Å²) in [5.74, 6) is 0.241. The maximum Gasteiger partial charge on any atom is 0.0771 e. The lowest BCUT2D eigenvalue weighted by Crippen LogP contribution is -2.27. The van der Waals surface area contributed by atoms with Crippen LogP contribution in [0, 0.1) is 5.92 Å². The maximum absolute atomic E-state index is 5.32. The molecule has 0 aromatic carbocycles. The quantitative estimate of drug-likeness (QED) is 0.541. The summed E-state index contributed by atoms with van der Waals surface area (Å²) < 4.78 is 0. The van der Waals surface area contributed by atoms with Crippen molar-refractivity contribution in [2.24, 2.45) is 17.4 Å². The minimum Gasteiger partial charge on any atom is -0.393 e. The Labute approximate surface area is 55.2 Å². The maximum atomic E-state index is 5.32. The number of hydrogen-bond acceptors (Lipinski definition) is 2. The van der Waals surface area contributed by atoms with E-state index in [0.717, 1.165) is 6.42 Å². The zero-order valence-corrected chi connectivity index (χ0v) is 5.87. The van der Waals surface area contributed by atoms with Crippen LogP contribution in [0.2, 0.25) is 0 Å². The van der Waals surface area contributed by atoms with Gasteiger partial charge in [-0.1, -0.05) is 19.1 Å². The average molecular weight is 132 g/mol. The first kappa shape index (κ1) is 7.85. The first-order valence-electron chi connectivity index (χ1n) is 2.71. The zero-order valence-electron chi connectivity index (χ0n) is 5.05. The molecule has 0 aliphatic heterocycles. The summed E-state index contributed by atoms with van der Waals surface area (Å²) >= 11 is 4.71. The highest BCUT2D eigenvalue weighted by Crippen LogP contribution is 1.98. The predicted molar refractivity (Wildman–Crippen MR) is 39.6 cm³/mol. The summed E-state index contributed by atoms with van der Waals surface area (Å²) in [5.41, 5.74) is 10.6. The topological polar surface area (TPSA) is 52.0 Å². The van der Waals surface area contributed by atoms with Crippen LogP contribution in [0.4, 0.5) is 0 Å². The fourth-order valence-corrected chi connectivity index (χ4v) is 0.747. The van der Waals surface area contributed by atoms with Gasteiger partial charge in [-0.3, -0.25) is 0 Å². The second-order valence-electron chi connectivity index (χ2n) is 1.74. The molecule has 2 nitrogen and oxygen atoms in total. The molecule has 4 N–H and O–H groups in total. The van der Waals surface area contributed by atoms with E-state index in [-0.39, 0.29) is 5.92 Å². The molecule has 0 aliphatic rings. The molecule has 0 fully saturated rings. The molecule has 0 amide bonds. The van der Waals surface area contributed by atoms with Crippen LogP contribution >= 0.6 is 12.2 Å². The van der Waals surface area contributed by atoms with Gasteiger partial charge in [-0.15, -0.1) is 0 Å². The van der Waals surface area contributed by atoms with Crippen LogP contribution in [-0.2, 0) is 0 Å². The van der Waals surface area contributed by atoms with Gasteiger partial charge in [-0.2, -0.15) is 0 Å². The molecule has 3 heteroatoms. The Morgan fingerprint density at radius 1 is 1.75 bits per heavy atom. The Morgan fingerprint density at radius 2 is 2.25 bits per heavy atom. The molecule has 8 heavy (non-hydrogen) atoms. The SMILES string of the molecule is CCC(CN)C(N)=S. The minimum atomic E-state index is 0.241. The van der Waals surface area contributed by atoms with Crippen LogP contribution < -0.4 is 11.5 Å². The molecule has 1 atom stereocenters. The molecule has 0 heterocycles. The van der Waals surface area contributed by atoms with Crippen LogP contribution in [0.15, 0.2) is 0 Å². The van der Waals surface area contributed by atoms with Gasteiger partial charge in [0.05, 0.1) is 4.99 Å². The van der Waals surface area contributed by atoms with Gasteiger partial charge >= 0.3 is 0 Å². The Balaban J connectivity index is 3.52. The van der Waals surface area contributed by atoms with Gasteiger partial charge in [0.15, 0.2) is 0 Å². The molecule has 0 saturated carbocycles. The summed E-state index contributed by atoms with van der Waals surface area (Å²) in [4.78, 5) is 0.537. The summed E-state index contributed by atoms with van der Waals surface area (Å²) in [7, 11) is 0. The third-order valence-corrected chi connectivity index (χ3v) is 1.51. The number of hydrogen-bond donors (Lipinski definition) is 2. The molecular weight excluding hydrogens is 120 g/mol. The first-order chi connectivity index (χ1) is 3.72. The largest absolute Gasteiger partial charge is 0.393 e. The second kappa shape index (κ2) is 3.80.